The molecule has 134 valence electrons. The summed E-state index contributed by atoms with van der Waals surface area (Å²) in [5, 5.41) is 0.478. The van der Waals surface area contributed by atoms with Crippen LogP contribution in [0.2, 0.25) is 0 Å². The average molecular weight is 370 g/mol. The first-order chi connectivity index (χ1) is 11.6. The number of hydrogen-bond donors (Lipinski definition) is 0. The van der Waals surface area contributed by atoms with Crippen LogP contribution in [0.4, 0.5) is 13.2 Å². The van der Waals surface area contributed by atoms with Gasteiger partial charge in [0.1, 0.15) is 4.88 Å². The summed E-state index contributed by atoms with van der Waals surface area (Å²) in [6.07, 6.45) is -1.28. The summed E-state index contributed by atoms with van der Waals surface area (Å²) >= 11 is 1.11. The highest BCUT2D eigenvalue weighted by Crippen LogP contribution is 2.45. The van der Waals surface area contributed by atoms with Gasteiger partial charge in [-0.1, -0.05) is 0 Å². The summed E-state index contributed by atoms with van der Waals surface area (Å²) in [4.78, 5) is 27.0. The molecule has 0 bridgehead atoms. The molecule has 1 amide bonds. The lowest BCUT2D eigenvalue weighted by molar-refractivity contribution is -0.189. The van der Waals surface area contributed by atoms with Crippen LogP contribution in [0.15, 0.2) is 18.5 Å². The third-order valence-electron chi connectivity index (χ3n) is 4.58. The molecule has 0 N–H and O–H groups in total. The molecule has 1 fully saturated rings. The van der Waals surface area contributed by atoms with Gasteiger partial charge < -0.3 is 4.90 Å². The quantitative estimate of drug-likeness (QED) is 0.809. The second-order valence-electron chi connectivity index (χ2n) is 6.50. The smallest absolute Gasteiger partial charge is 0.332 e. The molecule has 1 atom stereocenters. The number of aryl methyl sites for hydroxylation is 1. The van der Waals surface area contributed by atoms with E-state index in [1.165, 1.54) is 18.7 Å². The number of carbonyl (C=O) groups is 1. The van der Waals surface area contributed by atoms with Crippen LogP contribution in [0.3, 0.4) is 0 Å². The van der Waals surface area contributed by atoms with Gasteiger partial charge in [0.2, 0.25) is 0 Å². The van der Waals surface area contributed by atoms with Crippen molar-refractivity contribution in [1.82, 2.24) is 19.9 Å². The molecular formula is C16H17F3N4OS. The maximum atomic E-state index is 13.2. The van der Waals surface area contributed by atoms with Crippen LogP contribution < -0.4 is 0 Å². The highest BCUT2D eigenvalue weighted by atomic mass is 32.1. The number of alkyl halides is 3. The molecule has 0 saturated carbocycles. The molecule has 1 saturated heterocycles. The largest absolute Gasteiger partial charge is 0.394 e. The van der Waals surface area contributed by atoms with E-state index in [1.54, 1.807) is 25.4 Å². The lowest BCUT2D eigenvalue weighted by Gasteiger charge is -2.36. The van der Waals surface area contributed by atoms with Crippen LogP contribution in [0.1, 0.15) is 35.6 Å². The van der Waals surface area contributed by atoms with Gasteiger partial charge in [-0.15, -0.1) is 11.3 Å². The van der Waals surface area contributed by atoms with E-state index in [0.29, 0.717) is 21.4 Å². The third kappa shape index (κ3) is 3.12. The van der Waals surface area contributed by atoms with E-state index in [1.807, 2.05) is 0 Å². The molecule has 3 heterocycles. The first-order valence-electron chi connectivity index (χ1n) is 7.76. The normalized spacial score (nSPS) is 20.1. The standard InChI is InChI=1S/C16H17F3N4OS/c1-9-11(25-13(22-9)12-20-6-4-7-21-12)14(24)23-8-5-10(15(23,2)3)16(17,18)19/h4,6-7,10H,5,8H2,1-3H3. The van der Waals surface area contributed by atoms with Gasteiger partial charge in [0.15, 0.2) is 10.8 Å². The van der Waals surface area contributed by atoms with E-state index in [-0.39, 0.29) is 13.0 Å². The van der Waals surface area contributed by atoms with Gasteiger partial charge in [-0.2, -0.15) is 13.2 Å². The lowest BCUT2D eigenvalue weighted by Crippen LogP contribution is -2.49. The van der Waals surface area contributed by atoms with Crippen molar-refractivity contribution in [3.8, 4) is 10.8 Å². The van der Waals surface area contributed by atoms with Crippen molar-refractivity contribution in [2.24, 2.45) is 5.92 Å². The summed E-state index contributed by atoms with van der Waals surface area (Å²) in [7, 11) is 0. The SMILES string of the molecule is Cc1nc(-c2ncccn2)sc1C(=O)N1CCC(C(F)(F)F)C1(C)C. The Morgan fingerprint density at radius 2 is 1.96 bits per heavy atom. The summed E-state index contributed by atoms with van der Waals surface area (Å²) in [5.41, 5.74) is -0.821. The zero-order valence-electron chi connectivity index (χ0n) is 14.0. The molecule has 0 radical (unpaired) electrons. The Hall–Kier alpha value is -2.03. The average Bonchev–Trinajstić information content (AvgIpc) is 3.06. The number of amides is 1. The van der Waals surface area contributed by atoms with Gasteiger partial charge in [0.25, 0.3) is 5.91 Å². The number of hydrogen-bond acceptors (Lipinski definition) is 5. The number of rotatable bonds is 2. The Balaban J connectivity index is 1.91. The molecule has 1 aliphatic rings. The minimum atomic E-state index is -4.33. The fourth-order valence-corrected chi connectivity index (χ4v) is 4.20. The van der Waals surface area contributed by atoms with Crippen LogP contribution >= 0.6 is 11.3 Å². The Morgan fingerprint density at radius 1 is 1.32 bits per heavy atom. The van der Waals surface area contributed by atoms with Crippen LogP contribution in [0.25, 0.3) is 10.8 Å². The van der Waals surface area contributed by atoms with Crippen molar-refractivity contribution in [2.75, 3.05) is 6.54 Å². The lowest BCUT2D eigenvalue weighted by atomic mass is 9.88. The third-order valence-corrected chi connectivity index (χ3v) is 5.72. The summed E-state index contributed by atoms with van der Waals surface area (Å²) in [6.45, 7) is 4.67. The minimum Gasteiger partial charge on any atom is -0.332 e. The van der Waals surface area contributed by atoms with Crippen molar-refractivity contribution in [2.45, 2.75) is 38.9 Å². The molecule has 5 nitrogen and oxygen atoms in total. The van der Waals surface area contributed by atoms with Gasteiger partial charge in [0.05, 0.1) is 11.6 Å². The van der Waals surface area contributed by atoms with Crippen molar-refractivity contribution >= 4 is 17.2 Å². The van der Waals surface area contributed by atoms with E-state index in [4.69, 9.17) is 0 Å². The van der Waals surface area contributed by atoms with Crippen LogP contribution in [0.5, 0.6) is 0 Å². The molecule has 3 rings (SSSR count). The maximum absolute atomic E-state index is 13.2. The highest BCUT2D eigenvalue weighted by molar-refractivity contribution is 7.17. The second kappa shape index (κ2) is 6.05. The van der Waals surface area contributed by atoms with E-state index in [2.05, 4.69) is 15.0 Å². The number of halogens is 3. The predicted molar refractivity (Wildman–Crippen MR) is 87.2 cm³/mol. The zero-order chi connectivity index (χ0) is 18.4. The van der Waals surface area contributed by atoms with Crippen LogP contribution in [-0.2, 0) is 0 Å². The second-order valence-corrected chi connectivity index (χ2v) is 7.50. The minimum absolute atomic E-state index is 0.0739. The first-order valence-corrected chi connectivity index (χ1v) is 8.57. The molecule has 0 aliphatic carbocycles. The molecular weight excluding hydrogens is 353 g/mol. The fraction of sp³-hybridized carbons (Fsp3) is 0.500. The first kappa shape index (κ1) is 17.8. The van der Waals surface area contributed by atoms with Gasteiger partial charge in [0, 0.05) is 24.5 Å². The Bertz CT molecular complexity index is 788. The van der Waals surface area contributed by atoms with Crippen molar-refractivity contribution in [3.05, 3.63) is 29.0 Å². The van der Waals surface area contributed by atoms with Gasteiger partial charge in [-0.3, -0.25) is 4.79 Å². The van der Waals surface area contributed by atoms with Crippen molar-refractivity contribution < 1.29 is 18.0 Å². The van der Waals surface area contributed by atoms with E-state index in [9.17, 15) is 18.0 Å². The number of aromatic nitrogens is 3. The topological polar surface area (TPSA) is 59.0 Å². The number of carbonyl (C=O) groups excluding carboxylic acids is 1. The molecule has 1 aliphatic heterocycles. The van der Waals surface area contributed by atoms with Crippen LogP contribution in [-0.4, -0.2) is 44.0 Å². The maximum Gasteiger partial charge on any atom is 0.394 e. The van der Waals surface area contributed by atoms with Crippen LogP contribution in [0, 0.1) is 12.8 Å². The summed E-state index contributed by atoms with van der Waals surface area (Å²) in [6, 6.07) is 1.67. The number of nitrogens with zero attached hydrogens (tertiary/aromatic N) is 4. The molecule has 2 aromatic heterocycles. The fourth-order valence-electron chi connectivity index (χ4n) is 3.24. The number of likely N-dealkylation sites (tertiary alicyclic amines) is 1. The van der Waals surface area contributed by atoms with Gasteiger partial charge >= 0.3 is 6.18 Å². The highest BCUT2D eigenvalue weighted by Gasteiger charge is 2.56. The Labute approximate surface area is 146 Å². The van der Waals surface area contributed by atoms with Crippen molar-refractivity contribution in [1.29, 1.82) is 0 Å². The number of thiazole rings is 1. The molecule has 0 aromatic carbocycles. The monoisotopic (exact) mass is 370 g/mol. The van der Waals surface area contributed by atoms with E-state index >= 15 is 0 Å². The molecule has 1 unspecified atom stereocenters. The molecule has 0 spiro atoms. The molecule has 2 aromatic rings. The molecule has 25 heavy (non-hydrogen) atoms. The van der Waals surface area contributed by atoms with Gasteiger partial charge in [-0.05, 0) is 33.3 Å². The van der Waals surface area contributed by atoms with E-state index in [0.717, 1.165) is 11.3 Å². The van der Waals surface area contributed by atoms with Gasteiger partial charge in [-0.25, -0.2) is 15.0 Å². The van der Waals surface area contributed by atoms with E-state index < -0.39 is 23.5 Å². The summed E-state index contributed by atoms with van der Waals surface area (Å²) < 4.78 is 39.7. The summed E-state index contributed by atoms with van der Waals surface area (Å²) in [5.74, 6) is -1.56. The Morgan fingerprint density at radius 3 is 2.52 bits per heavy atom. The Kier molecular flexibility index (Phi) is 4.30. The van der Waals surface area contributed by atoms with Crippen molar-refractivity contribution in [3.63, 3.8) is 0 Å². The molecule has 9 heteroatoms. The zero-order valence-corrected chi connectivity index (χ0v) is 14.8. The predicted octanol–water partition coefficient (Wildman–Crippen LogP) is 3.71.